The smallest absolute Gasteiger partial charge is 0.130 e. The van der Waals surface area contributed by atoms with Crippen LogP contribution in [0.3, 0.4) is 0 Å². The van der Waals surface area contributed by atoms with Gasteiger partial charge in [0.05, 0.1) is 0 Å². The Morgan fingerprint density at radius 3 is 2.50 bits per heavy atom. The zero-order valence-electron chi connectivity index (χ0n) is 8.87. The molecule has 0 spiro atoms. The zero-order valence-corrected chi connectivity index (χ0v) is 9.69. The van der Waals surface area contributed by atoms with E-state index in [9.17, 15) is 13.0 Å². The van der Waals surface area contributed by atoms with Gasteiger partial charge in [0.15, 0.2) is 0 Å². The second-order valence-electron chi connectivity index (χ2n) is 4.03. The summed E-state index contributed by atoms with van der Waals surface area (Å²) in [6, 6.07) is 3.30. The Bertz CT molecular complexity index is 404. The Hall–Kier alpha value is -0.810. The van der Waals surface area contributed by atoms with Crippen molar-refractivity contribution in [1.29, 1.82) is 0 Å². The molecule has 2 rings (SSSR count). The molecule has 1 N–H and O–H groups in total. The van der Waals surface area contributed by atoms with E-state index in [-0.39, 0.29) is 17.4 Å². The second-order valence-corrected chi connectivity index (χ2v) is 5.58. The van der Waals surface area contributed by atoms with Crippen molar-refractivity contribution in [2.45, 2.75) is 19.0 Å². The molecule has 1 fully saturated rings. The highest BCUT2D eigenvalue weighted by atomic mass is 32.2. The topological polar surface area (TPSA) is 29.1 Å². The van der Waals surface area contributed by atoms with Crippen LogP contribution in [-0.4, -0.2) is 21.8 Å². The van der Waals surface area contributed by atoms with Crippen molar-refractivity contribution in [2.24, 2.45) is 0 Å². The molecular weight excluding hydrogens is 232 g/mol. The largest absolute Gasteiger partial charge is 0.306 e. The minimum absolute atomic E-state index is 0.00222. The van der Waals surface area contributed by atoms with Gasteiger partial charge in [-0.05, 0) is 19.1 Å². The summed E-state index contributed by atoms with van der Waals surface area (Å²) in [6.07, 6.45) is 0. The molecule has 0 aromatic heterocycles. The summed E-state index contributed by atoms with van der Waals surface area (Å²) in [6.45, 7) is 1.86. The Balaban J connectivity index is 2.33. The van der Waals surface area contributed by atoms with Crippen LogP contribution in [0.25, 0.3) is 0 Å². The average molecular weight is 245 g/mol. The van der Waals surface area contributed by atoms with Crippen LogP contribution in [0.1, 0.15) is 18.5 Å². The van der Waals surface area contributed by atoms with Gasteiger partial charge in [-0.3, -0.25) is 4.21 Å². The molecule has 0 saturated carbocycles. The second kappa shape index (κ2) is 4.59. The van der Waals surface area contributed by atoms with Crippen molar-refractivity contribution < 1.29 is 13.0 Å². The maximum atomic E-state index is 13.5. The van der Waals surface area contributed by atoms with Crippen LogP contribution in [0.5, 0.6) is 0 Å². The SMILES string of the molecule is CC1CS(=O)CC(c2c(F)cccc2F)N1. The Labute approximate surface area is 95.5 Å². The van der Waals surface area contributed by atoms with Crippen LogP contribution in [0.2, 0.25) is 0 Å². The summed E-state index contributed by atoms with van der Waals surface area (Å²) < 4.78 is 38.5. The molecule has 1 saturated heterocycles. The lowest BCUT2D eigenvalue weighted by Gasteiger charge is -2.29. The summed E-state index contributed by atoms with van der Waals surface area (Å²) in [5.74, 6) is -0.360. The van der Waals surface area contributed by atoms with Crippen LogP contribution in [0, 0.1) is 11.6 Å². The van der Waals surface area contributed by atoms with Crippen LogP contribution in [0.15, 0.2) is 18.2 Å². The number of nitrogens with one attached hydrogen (secondary N) is 1. The van der Waals surface area contributed by atoms with Crippen molar-refractivity contribution >= 4 is 10.8 Å². The summed E-state index contributed by atoms with van der Waals surface area (Å²) in [7, 11) is -1.01. The monoisotopic (exact) mass is 245 g/mol. The van der Waals surface area contributed by atoms with Crippen LogP contribution >= 0.6 is 0 Å². The van der Waals surface area contributed by atoms with Crippen LogP contribution < -0.4 is 5.32 Å². The molecule has 16 heavy (non-hydrogen) atoms. The predicted molar refractivity (Wildman–Crippen MR) is 59.6 cm³/mol. The van der Waals surface area contributed by atoms with Gasteiger partial charge in [0.25, 0.3) is 0 Å². The van der Waals surface area contributed by atoms with E-state index in [4.69, 9.17) is 0 Å². The molecule has 3 atom stereocenters. The molecule has 1 aromatic carbocycles. The lowest BCUT2D eigenvalue weighted by Crippen LogP contribution is -2.43. The third kappa shape index (κ3) is 2.30. The quantitative estimate of drug-likeness (QED) is 0.816. The van der Waals surface area contributed by atoms with E-state index >= 15 is 0 Å². The number of benzene rings is 1. The van der Waals surface area contributed by atoms with Crippen molar-refractivity contribution in [3.63, 3.8) is 0 Å². The number of rotatable bonds is 1. The van der Waals surface area contributed by atoms with Crippen LogP contribution in [0.4, 0.5) is 8.78 Å². The van der Waals surface area contributed by atoms with Gasteiger partial charge in [-0.15, -0.1) is 0 Å². The Kier molecular flexibility index (Phi) is 3.35. The normalized spacial score (nSPS) is 30.3. The summed E-state index contributed by atoms with van der Waals surface area (Å²) in [5, 5.41) is 3.07. The molecular formula is C11H13F2NOS. The van der Waals surface area contributed by atoms with Crippen molar-refractivity contribution in [2.75, 3.05) is 11.5 Å². The number of hydrogen-bond donors (Lipinski definition) is 1. The first kappa shape index (κ1) is 11.7. The predicted octanol–water partition coefficient (Wildman–Crippen LogP) is 1.75. The van der Waals surface area contributed by atoms with Gasteiger partial charge < -0.3 is 5.32 Å². The lowest BCUT2D eigenvalue weighted by atomic mass is 10.1. The van der Waals surface area contributed by atoms with Gasteiger partial charge in [-0.25, -0.2) is 8.78 Å². The van der Waals surface area contributed by atoms with E-state index in [0.29, 0.717) is 5.75 Å². The Morgan fingerprint density at radius 2 is 1.94 bits per heavy atom. The number of hydrogen-bond acceptors (Lipinski definition) is 2. The highest BCUT2D eigenvalue weighted by molar-refractivity contribution is 7.85. The van der Waals surface area contributed by atoms with Crippen molar-refractivity contribution in [3.05, 3.63) is 35.4 Å². The van der Waals surface area contributed by atoms with Crippen molar-refractivity contribution in [1.82, 2.24) is 5.32 Å². The number of halogens is 2. The summed E-state index contributed by atoms with van der Waals surface area (Å²) in [5.41, 5.74) is 0.00222. The third-order valence-corrected chi connectivity index (χ3v) is 4.20. The molecule has 1 aliphatic rings. The fourth-order valence-electron chi connectivity index (χ4n) is 1.98. The van der Waals surface area contributed by atoms with E-state index in [2.05, 4.69) is 5.32 Å². The standard InChI is InChI=1S/C11H13F2NOS/c1-7-5-16(15)6-10(14-7)11-8(12)3-2-4-9(11)13/h2-4,7,10,14H,5-6H2,1H3. The molecule has 3 unspecified atom stereocenters. The molecule has 1 heterocycles. The maximum Gasteiger partial charge on any atom is 0.130 e. The van der Waals surface area contributed by atoms with Gasteiger partial charge in [0.1, 0.15) is 11.6 Å². The molecule has 88 valence electrons. The van der Waals surface area contributed by atoms with E-state index in [1.807, 2.05) is 6.92 Å². The summed E-state index contributed by atoms with van der Waals surface area (Å²) >= 11 is 0. The lowest BCUT2D eigenvalue weighted by molar-refractivity contribution is 0.448. The summed E-state index contributed by atoms with van der Waals surface area (Å²) in [4.78, 5) is 0. The molecule has 5 heteroatoms. The fraction of sp³-hybridized carbons (Fsp3) is 0.455. The van der Waals surface area contributed by atoms with Gasteiger partial charge in [-0.2, -0.15) is 0 Å². The third-order valence-electron chi connectivity index (χ3n) is 2.62. The van der Waals surface area contributed by atoms with Gasteiger partial charge in [0, 0.05) is 40.0 Å². The highest BCUT2D eigenvalue weighted by Gasteiger charge is 2.28. The maximum absolute atomic E-state index is 13.5. The first-order valence-electron chi connectivity index (χ1n) is 5.13. The minimum Gasteiger partial charge on any atom is -0.306 e. The molecule has 0 bridgehead atoms. The van der Waals surface area contributed by atoms with E-state index in [1.165, 1.54) is 18.2 Å². The first-order chi connectivity index (χ1) is 7.58. The zero-order chi connectivity index (χ0) is 11.7. The van der Waals surface area contributed by atoms with E-state index in [0.717, 1.165) is 0 Å². The van der Waals surface area contributed by atoms with E-state index in [1.54, 1.807) is 0 Å². The average Bonchev–Trinajstić information content (AvgIpc) is 2.15. The molecule has 1 aromatic rings. The fourth-order valence-corrected chi connectivity index (χ4v) is 3.41. The van der Waals surface area contributed by atoms with Crippen molar-refractivity contribution in [3.8, 4) is 0 Å². The van der Waals surface area contributed by atoms with Gasteiger partial charge in [0.2, 0.25) is 0 Å². The molecule has 1 aliphatic heterocycles. The van der Waals surface area contributed by atoms with Crippen LogP contribution in [-0.2, 0) is 10.8 Å². The Morgan fingerprint density at radius 1 is 1.31 bits per heavy atom. The van der Waals surface area contributed by atoms with Gasteiger partial charge in [-0.1, -0.05) is 6.07 Å². The minimum atomic E-state index is -1.01. The molecule has 0 amide bonds. The highest BCUT2D eigenvalue weighted by Crippen LogP contribution is 2.24. The molecule has 2 nitrogen and oxygen atoms in total. The molecule has 0 aliphatic carbocycles. The first-order valence-corrected chi connectivity index (χ1v) is 6.61. The van der Waals surface area contributed by atoms with E-state index < -0.39 is 28.5 Å². The van der Waals surface area contributed by atoms with Gasteiger partial charge >= 0.3 is 0 Å². The molecule has 0 radical (unpaired) electrons.